The van der Waals surface area contributed by atoms with Gasteiger partial charge in [-0.2, -0.15) is 10.2 Å². The topological polar surface area (TPSA) is 24.7 Å². The van der Waals surface area contributed by atoms with Crippen LogP contribution in [0.25, 0.3) is 0 Å². The molecule has 0 aliphatic rings. The molecule has 0 aromatic heterocycles. The lowest BCUT2D eigenvalue weighted by atomic mass is 9.82. The summed E-state index contributed by atoms with van der Waals surface area (Å²) in [5.41, 5.74) is 0.196. The predicted molar refractivity (Wildman–Crippen MR) is 62.8 cm³/mol. The average Bonchev–Trinajstić information content (AvgIpc) is 1.76. The van der Waals surface area contributed by atoms with E-state index in [1.54, 1.807) is 0 Å². The van der Waals surface area contributed by atoms with Gasteiger partial charge in [-0.3, -0.25) is 0 Å². The zero-order valence-corrected chi connectivity index (χ0v) is 11.1. The molecule has 0 spiro atoms. The minimum Gasteiger partial charge on any atom is -0.188 e. The zero-order chi connectivity index (χ0) is 11.6. The van der Waals surface area contributed by atoms with Crippen LogP contribution >= 0.6 is 0 Å². The highest BCUT2D eigenvalue weighted by Gasteiger charge is 2.25. The highest BCUT2D eigenvalue weighted by Crippen LogP contribution is 2.30. The average molecular weight is 198 g/mol. The van der Waals surface area contributed by atoms with Crippen LogP contribution in [0, 0.1) is 5.41 Å². The highest BCUT2D eigenvalue weighted by molar-refractivity contribution is 4.83. The molecular formula is C12H26N2. The molecule has 0 atom stereocenters. The molecule has 2 nitrogen and oxygen atoms in total. The summed E-state index contributed by atoms with van der Waals surface area (Å²) in [7, 11) is 0. The minimum atomic E-state index is -0.0604. The van der Waals surface area contributed by atoms with E-state index in [2.05, 4.69) is 65.6 Å². The van der Waals surface area contributed by atoms with Gasteiger partial charge in [-0.05, 0) is 46.5 Å². The molecule has 2 heteroatoms. The van der Waals surface area contributed by atoms with Crippen LogP contribution in [0.4, 0.5) is 0 Å². The van der Waals surface area contributed by atoms with Crippen molar-refractivity contribution >= 4 is 0 Å². The summed E-state index contributed by atoms with van der Waals surface area (Å²) in [6.45, 7) is 17.2. The van der Waals surface area contributed by atoms with Crippen molar-refractivity contribution in [2.75, 3.05) is 0 Å². The summed E-state index contributed by atoms with van der Waals surface area (Å²) < 4.78 is 0. The third-order valence-electron chi connectivity index (χ3n) is 1.58. The SMILES string of the molecule is CC(C)(C)CC(C)(C)N=NC(C)(C)C. The lowest BCUT2D eigenvalue weighted by molar-refractivity contribution is 0.274. The molecule has 0 saturated heterocycles. The van der Waals surface area contributed by atoms with Gasteiger partial charge in [-0.25, -0.2) is 0 Å². The van der Waals surface area contributed by atoms with Crippen molar-refractivity contribution in [1.82, 2.24) is 0 Å². The standard InChI is InChI=1S/C12H26N2/c1-10(2,3)9-12(7,8)14-13-11(4,5)6/h9H2,1-8H3. The molecule has 14 heavy (non-hydrogen) atoms. The second-order valence-corrected chi connectivity index (χ2v) is 6.92. The molecule has 84 valence electrons. The van der Waals surface area contributed by atoms with E-state index < -0.39 is 0 Å². The molecule has 0 unspecified atom stereocenters. The fourth-order valence-corrected chi connectivity index (χ4v) is 1.62. The van der Waals surface area contributed by atoms with Gasteiger partial charge in [-0.1, -0.05) is 20.8 Å². The first kappa shape index (κ1) is 13.6. The number of hydrogen-bond donors (Lipinski definition) is 0. The van der Waals surface area contributed by atoms with E-state index in [1.165, 1.54) is 0 Å². The molecule has 0 amide bonds. The first-order valence-corrected chi connectivity index (χ1v) is 5.35. The van der Waals surface area contributed by atoms with E-state index in [-0.39, 0.29) is 11.1 Å². The fraction of sp³-hybridized carbons (Fsp3) is 1.00. The molecule has 0 bridgehead atoms. The van der Waals surface area contributed by atoms with Crippen LogP contribution in [0.2, 0.25) is 0 Å². The number of nitrogens with zero attached hydrogens (tertiary/aromatic N) is 2. The van der Waals surface area contributed by atoms with Crippen molar-refractivity contribution in [3.05, 3.63) is 0 Å². The van der Waals surface area contributed by atoms with Crippen LogP contribution in [0.1, 0.15) is 61.8 Å². The van der Waals surface area contributed by atoms with Crippen molar-refractivity contribution < 1.29 is 0 Å². The molecule has 0 saturated carbocycles. The first-order valence-electron chi connectivity index (χ1n) is 5.35. The van der Waals surface area contributed by atoms with Crippen LogP contribution in [-0.2, 0) is 0 Å². The van der Waals surface area contributed by atoms with E-state index in [1.807, 2.05) is 0 Å². The largest absolute Gasteiger partial charge is 0.188 e. The Bertz CT molecular complexity index is 201. The molecule has 0 fully saturated rings. The van der Waals surface area contributed by atoms with E-state index in [9.17, 15) is 0 Å². The molecule has 0 heterocycles. The molecule has 0 aliphatic heterocycles. The second kappa shape index (κ2) is 4.00. The van der Waals surface area contributed by atoms with Crippen molar-refractivity contribution in [3.63, 3.8) is 0 Å². The molecule has 0 aromatic carbocycles. The normalized spacial score (nSPS) is 15.1. The number of hydrogen-bond acceptors (Lipinski definition) is 2. The maximum Gasteiger partial charge on any atom is 0.0765 e. The Kier molecular flexibility index (Phi) is 3.88. The van der Waals surface area contributed by atoms with Gasteiger partial charge in [0.05, 0.1) is 11.1 Å². The Morgan fingerprint density at radius 1 is 0.714 bits per heavy atom. The quantitative estimate of drug-likeness (QED) is 0.586. The summed E-state index contributed by atoms with van der Waals surface area (Å²) in [5.74, 6) is 0. The van der Waals surface area contributed by atoms with Crippen LogP contribution in [0.3, 0.4) is 0 Å². The van der Waals surface area contributed by atoms with Crippen LogP contribution in [-0.4, -0.2) is 11.1 Å². The Labute approximate surface area is 89.2 Å². The number of rotatable bonds is 2. The molecule has 0 radical (unpaired) electrons. The first-order chi connectivity index (χ1) is 5.91. The van der Waals surface area contributed by atoms with Gasteiger partial charge >= 0.3 is 0 Å². The van der Waals surface area contributed by atoms with Crippen molar-refractivity contribution in [3.8, 4) is 0 Å². The van der Waals surface area contributed by atoms with Gasteiger partial charge in [0.2, 0.25) is 0 Å². The van der Waals surface area contributed by atoms with E-state index >= 15 is 0 Å². The van der Waals surface area contributed by atoms with Crippen LogP contribution in [0.5, 0.6) is 0 Å². The number of azo groups is 1. The summed E-state index contributed by atoms with van der Waals surface area (Å²) in [4.78, 5) is 0. The Hall–Kier alpha value is -0.400. The predicted octanol–water partition coefficient (Wildman–Crippen LogP) is 4.45. The van der Waals surface area contributed by atoms with E-state index in [0.717, 1.165) is 6.42 Å². The van der Waals surface area contributed by atoms with Gasteiger partial charge in [0, 0.05) is 0 Å². The van der Waals surface area contributed by atoms with Crippen LogP contribution < -0.4 is 0 Å². The maximum atomic E-state index is 4.44. The smallest absolute Gasteiger partial charge is 0.0765 e. The van der Waals surface area contributed by atoms with Crippen molar-refractivity contribution in [2.45, 2.75) is 72.9 Å². The Morgan fingerprint density at radius 2 is 1.14 bits per heavy atom. The van der Waals surface area contributed by atoms with Gasteiger partial charge in [-0.15, -0.1) is 0 Å². The lowest BCUT2D eigenvalue weighted by Gasteiger charge is -2.28. The second-order valence-electron chi connectivity index (χ2n) is 6.92. The fourth-order valence-electron chi connectivity index (χ4n) is 1.62. The van der Waals surface area contributed by atoms with E-state index in [0.29, 0.717) is 5.41 Å². The molecule has 0 rings (SSSR count). The van der Waals surface area contributed by atoms with Gasteiger partial charge in [0.1, 0.15) is 0 Å². The molecule has 0 aromatic rings. The molecular weight excluding hydrogens is 172 g/mol. The van der Waals surface area contributed by atoms with Crippen molar-refractivity contribution in [1.29, 1.82) is 0 Å². The van der Waals surface area contributed by atoms with Crippen LogP contribution in [0.15, 0.2) is 10.2 Å². The van der Waals surface area contributed by atoms with Gasteiger partial charge in [0.15, 0.2) is 0 Å². The summed E-state index contributed by atoms with van der Waals surface area (Å²) in [5, 5.41) is 8.78. The molecule has 0 N–H and O–H groups in total. The van der Waals surface area contributed by atoms with Gasteiger partial charge < -0.3 is 0 Å². The summed E-state index contributed by atoms with van der Waals surface area (Å²) >= 11 is 0. The maximum absolute atomic E-state index is 4.44. The highest BCUT2D eigenvalue weighted by atomic mass is 15.2. The lowest BCUT2D eigenvalue weighted by Crippen LogP contribution is -2.25. The zero-order valence-electron chi connectivity index (χ0n) is 11.1. The van der Waals surface area contributed by atoms with E-state index in [4.69, 9.17) is 0 Å². The van der Waals surface area contributed by atoms with Crippen molar-refractivity contribution in [2.24, 2.45) is 15.6 Å². The Morgan fingerprint density at radius 3 is 1.43 bits per heavy atom. The minimum absolute atomic E-state index is 0.0501. The summed E-state index contributed by atoms with van der Waals surface area (Å²) in [6, 6.07) is 0. The third kappa shape index (κ3) is 8.21. The summed E-state index contributed by atoms with van der Waals surface area (Å²) in [6.07, 6.45) is 1.06. The Balaban J connectivity index is 4.43. The van der Waals surface area contributed by atoms with Gasteiger partial charge in [0.25, 0.3) is 0 Å². The molecule has 0 aliphatic carbocycles. The third-order valence-corrected chi connectivity index (χ3v) is 1.58. The monoisotopic (exact) mass is 198 g/mol.